The van der Waals surface area contributed by atoms with E-state index < -0.39 is 0 Å². The first-order valence-electron chi connectivity index (χ1n) is 8.24. The number of carbonyl (C=O) groups excluding carboxylic acids is 2. The molecule has 0 saturated carbocycles. The van der Waals surface area contributed by atoms with Gasteiger partial charge < -0.3 is 10.2 Å². The van der Waals surface area contributed by atoms with Crippen molar-refractivity contribution in [2.75, 3.05) is 19.6 Å². The Morgan fingerprint density at radius 3 is 2.75 bits per heavy atom. The summed E-state index contributed by atoms with van der Waals surface area (Å²) in [5.74, 6) is 0.0101. The van der Waals surface area contributed by atoms with Crippen LogP contribution in [0, 0.1) is 0 Å². The number of aryl methyl sites for hydroxylation is 1. The van der Waals surface area contributed by atoms with E-state index in [2.05, 4.69) is 10.4 Å². The number of hydrogen-bond donors (Lipinski definition) is 1. The SMILES string of the molecule is Cn1ccc(C2CCCN(C(=O)CNC(=O)c3ccccc3)C2)n1. The molecule has 0 radical (unpaired) electrons. The van der Waals surface area contributed by atoms with Gasteiger partial charge in [0.25, 0.3) is 5.91 Å². The predicted octanol–water partition coefficient (Wildman–Crippen LogP) is 1.56. The predicted molar refractivity (Wildman–Crippen MR) is 90.5 cm³/mol. The van der Waals surface area contributed by atoms with Crippen molar-refractivity contribution in [3.05, 3.63) is 53.9 Å². The van der Waals surface area contributed by atoms with Crippen LogP contribution in [0.5, 0.6) is 0 Å². The maximum atomic E-state index is 12.4. The lowest BCUT2D eigenvalue weighted by Gasteiger charge is -2.32. The van der Waals surface area contributed by atoms with Crippen molar-refractivity contribution in [1.29, 1.82) is 0 Å². The lowest BCUT2D eigenvalue weighted by molar-refractivity contribution is -0.131. The van der Waals surface area contributed by atoms with Crippen LogP contribution in [0.2, 0.25) is 0 Å². The summed E-state index contributed by atoms with van der Waals surface area (Å²) >= 11 is 0. The third kappa shape index (κ3) is 3.82. The Hall–Kier alpha value is -2.63. The van der Waals surface area contributed by atoms with E-state index in [-0.39, 0.29) is 24.3 Å². The molecule has 1 saturated heterocycles. The fourth-order valence-electron chi connectivity index (χ4n) is 3.06. The maximum Gasteiger partial charge on any atom is 0.251 e. The number of benzene rings is 1. The van der Waals surface area contributed by atoms with Crippen LogP contribution < -0.4 is 5.32 Å². The Bertz CT molecular complexity index is 711. The van der Waals surface area contributed by atoms with Crippen molar-refractivity contribution < 1.29 is 9.59 Å². The second-order valence-electron chi connectivity index (χ2n) is 6.14. The summed E-state index contributed by atoms with van der Waals surface area (Å²) in [4.78, 5) is 26.3. The fourth-order valence-corrected chi connectivity index (χ4v) is 3.06. The van der Waals surface area contributed by atoms with Gasteiger partial charge in [-0.25, -0.2) is 0 Å². The zero-order valence-electron chi connectivity index (χ0n) is 13.8. The minimum absolute atomic E-state index is 0.0304. The van der Waals surface area contributed by atoms with Gasteiger partial charge in [0.1, 0.15) is 0 Å². The molecule has 24 heavy (non-hydrogen) atoms. The van der Waals surface area contributed by atoms with Gasteiger partial charge in [-0.05, 0) is 31.0 Å². The van der Waals surface area contributed by atoms with Crippen molar-refractivity contribution >= 4 is 11.8 Å². The molecule has 1 aliphatic rings. The lowest BCUT2D eigenvalue weighted by Crippen LogP contribution is -2.44. The first-order valence-corrected chi connectivity index (χ1v) is 8.24. The van der Waals surface area contributed by atoms with Gasteiger partial charge in [0.2, 0.25) is 5.91 Å². The molecular formula is C18H22N4O2. The van der Waals surface area contributed by atoms with Crippen LogP contribution in [-0.4, -0.2) is 46.1 Å². The largest absolute Gasteiger partial charge is 0.343 e. The van der Waals surface area contributed by atoms with Gasteiger partial charge in [0, 0.05) is 37.8 Å². The second kappa shape index (κ2) is 7.29. The average molecular weight is 326 g/mol. The number of rotatable bonds is 4. The van der Waals surface area contributed by atoms with Crippen molar-refractivity contribution in [3.63, 3.8) is 0 Å². The fraction of sp³-hybridized carbons (Fsp3) is 0.389. The first-order chi connectivity index (χ1) is 11.6. The molecule has 1 aromatic heterocycles. The van der Waals surface area contributed by atoms with E-state index in [1.165, 1.54) is 0 Å². The van der Waals surface area contributed by atoms with Crippen molar-refractivity contribution in [1.82, 2.24) is 20.0 Å². The van der Waals surface area contributed by atoms with E-state index in [4.69, 9.17) is 0 Å². The average Bonchev–Trinajstić information content (AvgIpc) is 3.06. The Morgan fingerprint density at radius 1 is 1.25 bits per heavy atom. The normalized spacial score (nSPS) is 17.5. The lowest BCUT2D eigenvalue weighted by atomic mass is 9.95. The standard InChI is InChI=1S/C18H22N4O2/c1-21-11-9-16(20-21)15-8-5-10-22(13-15)17(23)12-19-18(24)14-6-3-2-4-7-14/h2-4,6-7,9,11,15H,5,8,10,12-13H2,1H3,(H,19,24). The number of nitrogens with zero attached hydrogens (tertiary/aromatic N) is 3. The summed E-state index contributed by atoms with van der Waals surface area (Å²) in [6, 6.07) is 10.9. The molecule has 2 amide bonds. The third-order valence-electron chi connectivity index (χ3n) is 4.36. The molecule has 1 fully saturated rings. The second-order valence-corrected chi connectivity index (χ2v) is 6.14. The number of amides is 2. The number of piperidine rings is 1. The van der Waals surface area contributed by atoms with Crippen LogP contribution in [0.15, 0.2) is 42.6 Å². The van der Waals surface area contributed by atoms with E-state index in [1.807, 2.05) is 30.3 Å². The minimum atomic E-state index is -0.220. The van der Waals surface area contributed by atoms with E-state index in [1.54, 1.807) is 28.9 Å². The molecule has 1 unspecified atom stereocenters. The van der Waals surface area contributed by atoms with E-state index in [0.29, 0.717) is 12.1 Å². The number of nitrogens with one attached hydrogen (secondary N) is 1. The molecule has 1 aromatic carbocycles. The molecule has 0 bridgehead atoms. The molecular weight excluding hydrogens is 304 g/mol. The minimum Gasteiger partial charge on any atom is -0.343 e. The molecule has 0 aliphatic carbocycles. The number of aromatic nitrogens is 2. The van der Waals surface area contributed by atoms with Gasteiger partial charge >= 0.3 is 0 Å². The Kier molecular flexibility index (Phi) is 4.93. The summed E-state index contributed by atoms with van der Waals surface area (Å²) < 4.78 is 1.79. The molecule has 3 rings (SSSR count). The summed E-state index contributed by atoms with van der Waals surface area (Å²) in [7, 11) is 1.90. The van der Waals surface area contributed by atoms with Crippen LogP contribution in [-0.2, 0) is 11.8 Å². The number of carbonyl (C=O) groups is 2. The van der Waals surface area contributed by atoms with Gasteiger partial charge in [0.05, 0.1) is 12.2 Å². The van der Waals surface area contributed by atoms with Crippen molar-refractivity contribution in [3.8, 4) is 0 Å². The number of likely N-dealkylation sites (tertiary alicyclic amines) is 1. The highest BCUT2D eigenvalue weighted by atomic mass is 16.2. The first kappa shape index (κ1) is 16.2. The quantitative estimate of drug-likeness (QED) is 0.927. The van der Waals surface area contributed by atoms with Crippen molar-refractivity contribution in [2.24, 2.45) is 7.05 Å². The smallest absolute Gasteiger partial charge is 0.251 e. The summed E-state index contributed by atoms with van der Waals surface area (Å²) in [5, 5.41) is 7.16. The summed E-state index contributed by atoms with van der Waals surface area (Å²) in [6.45, 7) is 1.43. The monoisotopic (exact) mass is 326 g/mol. The molecule has 1 N–H and O–H groups in total. The highest BCUT2D eigenvalue weighted by molar-refractivity contribution is 5.96. The maximum absolute atomic E-state index is 12.4. The number of hydrogen-bond acceptors (Lipinski definition) is 3. The Morgan fingerprint density at radius 2 is 2.04 bits per heavy atom. The van der Waals surface area contributed by atoms with Gasteiger partial charge in [0.15, 0.2) is 0 Å². The molecule has 6 nitrogen and oxygen atoms in total. The molecule has 1 aliphatic heterocycles. The zero-order chi connectivity index (χ0) is 16.9. The van der Waals surface area contributed by atoms with E-state index >= 15 is 0 Å². The third-order valence-corrected chi connectivity index (χ3v) is 4.36. The van der Waals surface area contributed by atoms with E-state index in [9.17, 15) is 9.59 Å². The zero-order valence-corrected chi connectivity index (χ0v) is 13.8. The molecule has 126 valence electrons. The molecule has 0 spiro atoms. The van der Waals surface area contributed by atoms with Gasteiger partial charge in [-0.2, -0.15) is 5.10 Å². The van der Waals surface area contributed by atoms with Gasteiger partial charge in [-0.1, -0.05) is 18.2 Å². The molecule has 1 atom stereocenters. The molecule has 2 aromatic rings. The van der Waals surface area contributed by atoms with Crippen LogP contribution in [0.25, 0.3) is 0 Å². The Balaban J connectivity index is 1.54. The van der Waals surface area contributed by atoms with Crippen LogP contribution in [0.3, 0.4) is 0 Å². The topological polar surface area (TPSA) is 67.2 Å². The van der Waals surface area contributed by atoms with Crippen LogP contribution in [0.4, 0.5) is 0 Å². The highest BCUT2D eigenvalue weighted by Gasteiger charge is 2.26. The van der Waals surface area contributed by atoms with Crippen LogP contribution >= 0.6 is 0 Å². The molecule has 6 heteroatoms. The van der Waals surface area contributed by atoms with Gasteiger partial charge in [-0.3, -0.25) is 14.3 Å². The Labute approximate surface area is 141 Å². The van der Waals surface area contributed by atoms with Crippen LogP contribution in [0.1, 0.15) is 34.8 Å². The summed E-state index contributed by atoms with van der Waals surface area (Å²) in [5.41, 5.74) is 1.60. The molecule has 2 heterocycles. The van der Waals surface area contributed by atoms with Gasteiger partial charge in [-0.15, -0.1) is 0 Å². The summed E-state index contributed by atoms with van der Waals surface area (Å²) in [6.07, 6.45) is 3.92. The van der Waals surface area contributed by atoms with E-state index in [0.717, 1.165) is 25.1 Å². The highest BCUT2D eigenvalue weighted by Crippen LogP contribution is 2.25. The van der Waals surface area contributed by atoms with Crippen molar-refractivity contribution in [2.45, 2.75) is 18.8 Å².